The van der Waals surface area contributed by atoms with Gasteiger partial charge in [0, 0.05) is 12.1 Å². The molecule has 0 aliphatic carbocycles. The Labute approximate surface area is 152 Å². The summed E-state index contributed by atoms with van der Waals surface area (Å²) in [6.07, 6.45) is -4.70. The van der Waals surface area contributed by atoms with Crippen molar-refractivity contribution in [2.75, 3.05) is 0 Å². The molecule has 26 heavy (non-hydrogen) atoms. The third kappa shape index (κ3) is 3.05. The summed E-state index contributed by atoms with van der Waals surface area (Å²) in [7, 11) is 0. The highest BCUT2D eigenvalue weighted by Crippen LogP contribution is 2.35. The average molecular weight is 379 g/mol. The van der Waals surface area contributed by atoms with Crippen molar-refractivity contribution in [1.82, 2.24) is 14.5 Å². The van der Waals surface area contributed by atoms with Crippen molar-refractivity contribution in [3.05, 3.63) is 56.1 Å². The molecule has 0 aliphatic heterocycles. The summed E-state index contributed by atoms with van der Waals surface area (Å²) >= 11 is 5.09. The Bertz CT molecular complexity index is 1130. The van der Waals surface area contributed by atoms with E-state index in [0.29, 0.717) is 5.56 Å². The van der Waals surface area contributed by atoms with Gasteiger partial charge in [0.15, 0.2) is 4.77 Å². The molecule has 0 unspecified atom stereocenters. The predicted molar refractivity (Wildman–Crippen MR) is 96.8 cm³/mol. The van der Waals surface area contributed by atoms with Gasteiger partial charge in [0.2, 0.25) is 0 Å². The SMILES string of the molecule is CCn1c(=S)[nH]c(=O)c2c(C(F)(F)F)cc(-c3ccc(C)c(C)c3)nc21. The lowest BCUT2D eigenvalue weighted by molar-refractivity contribution is -0.136. The standard InChI is InChI=1S/C18H16F3N3OS/c1-4-24-15-14(16(25)23-17(24)26)12(18(19,20)21)8-13(22-15)11-6-5-9(2)10(3)7-11/h5-8H,4H2,1-3H3,(H,23,25,26). The Hall–Kier alpha value is -2.48. The Balaban J connectivity index is 2.49. The molecule has 3 aromatic rings. The molecule has 4 nitrogen and oxygen atoms in total. The molecule has 0 atom stereocenters. The monoisotopic (exact) mass is 379 g/mol. The fourth-order valence-corrected chi connectivity index (χ4v) is 3.15. The molecular weight excluding hydrogens is 363 g/mol. The van der Waals surface area contributed by atoms with Gasteiger partial charge >= 0.3 is 6.18 Å². The van der Waals surface area contributed by atoms with E-state index in [1.54, 1.807) is 19.1 Å². The Kier molecular flexibility index (Phi) is 4.47. The van der Waals surface area contributed by atoms with Gasteiger partial charge in [0.25, 0.3) is 5.56 Å². The summed E-state index contributed by atoms with van der Waals surface area (Å²) in [4.78, 5) is 18.9. The first-order valence-corrected chi connectivity index (χ1v) is 8.37. The van der Waals surface area contributed by atoms with Gasteiger partial charge in [-0.1, -0.05) is 12.1 Å². The summed E-state index contributed by atoms with van der Waals surface area (Å²) in [5.74, 6) is 0. The van der Waals surface area contributed by atoms with Gasteiger partial charge in [-0.2, -0.15) is 13.2 Å². The van der Waals surface area contributed by atoms with Crippen LogP contribution in [0, 0.1) is 18.6 Å². The molecule has 3 rings (SSSR count). The second-order valence-electron chi connectivity index (χ2n) is 6.05. The number of alkyl halides is 3. The van der Waals surface area contributed by atoms with Crippen LogP contribution in [0.3, 0.4) is 0 Å². The van der Waals surface area contributed by atoms with E-state index in [9.17, 15) is 18.0 Å². The number of halogens is 3. The van der Waals surface area contributed by atoms with Crippen LogP contribution in [0.2, 0.25) is 0 Å². The smallest absolute Gasteiger partial charge is 0.303 e. The molecule has 0 spiro atoms. The third-order valence-corrected chi connectivity index (χ3v) is 4.70. The van der Waals surface area contributed by atoms with Crippen molar-refractivity contribution in [3.8, 4) is 11.3 Å². The van der Waals surface area contributed by atoms with Crippen molar-refractivity contribution >= 4 is 23.3 Å². The van der Waals surface area contributed by atoms with E-state index in [0.717, 1.165) is 17.2 Å². The molecule has 8 heteroatoms. The van der Waals surface area contributed by atoms with Crippen LogP contribution in [-0.2, 0) is 12.7 Å². The highest BCUT2D eigenvalue weighted by molar-refractivity contribution is 7.71. The van der Waals surface area contributed by atoms with Crippen molar-refractivity contribution in [1.29, 1.82) is 0 Å². The van der Waals surface area contributed by atoms with E-state index in [1.807, 2.05) is 19.9 Å². The van der Waals surface area contributed by atoms with Gasteiger partial charge in [-0.3, -0.25) is 9.78 Å². The van der Waals surface area contributed by atoms with Gasteiger partial charge in [0.05, 0.1) is 16.6 Å². The van der Waals surface area contributed by atoms with Crippen molar-refractivity contribution in [3.63, 3.8) is 0 Å². The molecule has 1 N–H and O–H groups in total. The first-order chi connectivity index (χ1) is 12.1. The molecule has 136 valence electrons. The molecule has 0 aliphatic rings. The van der Waals surface area contributed by atoms with Gasteiger partial charge in [0.1, 0.15) is 5.65 Å². The minimum Gasteiger partial charge on any atom is -0.303 e. The number of aromatic amines is 1. The molecular formula is C18H16F3N3OS. The maximum Gasteiger partial charge on any atom is 0.417 e. The first kappa shape index (κ1) is 18.3. The van der Waals surface area contributed by atoms with Crippen LogP contribution in [-0.4, -0.2) is 14.5 Å². The van der Waals surface area contributed by atoms with Gasteiger partial charge in [-0.05, 0) is 56.2 Å². The van der Waals surface area contributed by atoms with E-state index < -0.39 is 22.7 Å². The number of fused-ring (bicyclic) bond motifs is 1. The summed E-state index contributed by atoms with van der Waals surface area (Å²) < 4.78 is 42.4. The fraction of sp³-hybridized carbons (Fsp3) is 0.278. The van der Waals surface area contributed by atoms with Crippen LogP contribution in [0.4, 0.5) is 13.2 Å². The van der Waals surface area contributed by atoms with E-state index in [2.05, 4.69) is 9.97 Å². The zero-order valence-corrected chi connectivity index (χ0v) is 15.2. The maximum absolute atomic E-state index is 13.7. The summed E-state index contributed by atoms with van der Waals surface area (Å²) in [6.45, 7) is 5.81. The van der Waals surface area contributed by atoms with Gasteiger partial charge < -0.3 is 4.57 Å². The van der Waals surface area contributed by atoms with E-state index in [4.69, 9.17) is 12.2 Å². The van der Waals surface area contributed by atoms with Crippen LogP contribution >= 0.6 is 12.2 Å². The highest BCUT2D eigenvalue weighted by Gasteiger charge is 2.35. The molecule has 0 saturated heterocycles. The number of benzene rings is 1. The number of hydrogen-bond acceptors (Lipinski definition) is 3. The summed E-state index contributed by atoms with van der Waals surface area (Å²) in [6, 6.07) is 6.25. The Morgan fingerprint density at radius 2 is 1.88 bits per heavy atom. The minimum atomic E-state index is -4.70. The molecule has 0 amide bonds. The normalized spacial score (nSPS) is 11.9. The molecule has 0 radical (unpaired) electrons. The second kappa shape index (κ2) is 6.35. The van der Waals surface area contributed by atoms with Crippen LogP contribution < -0.4 is 5.56 Å². The quantitative estimate of drug-likeness (QED) is 0.652. The fourth-order valence-electron chi connectivity index (χ4n) is 2.84. The minimum absolute atomic E-state index is 0.0443. The van der Waals surface area contributed by atoms with Crippen LogP contribution in [0.25, 0.3) is 22.3 Å². The molecule has 0 fully saturated rings. The number of aryl methyl sites for hydroxylation is 3. The van der Waals surface area contributed by atoms with Gasteiger partial charge in [-0.25, -0.2) is 4.98 Å². The lowest BCUT2D eigenvalue weighted by atomic mass is 10.0. The van der Waals surface area contributed by atoms with E-state index in [1.165, 1.54) is 4.57 Å². The van der Waals surface area contributed by atoms with E-state index in [-0.39, 0.29) is 22.7 Å². The van der Waals surface area contributed by atoms with E-state index >= 15 is 0 Å². The zero-order chi connectivity index (χ0) is 19.2. The molecule has 2 aromatic heterocycles. The number of nitrogens with one attached hydrogen (secondary N) is 1. The summed E-state index contributed by atoms with van der Waals surface area (Å²) in [5.41, 5.74) is 0.693. The topological polar surface area (TPSA) is 50.7 Å². The van der Waals surface area contributed by atoms with Gasteiger partial charge in [-0.15, -0.1) is 0 Å². The van der Waals surface area contributed by atoms with Crippen LogP contribution in [0.5, 0.6) is 0 Å². The number of H-pyrrole nitrogens is 1. The molecule has 1 aromatic carbocycles. The second-order valence-corrected chi connectivity index (χ2v) is 6.44. The molecule has 0 saturated carbocycles. The van der Waals surface area contributed by atoms with Crippen molar-refractivity contribution < 1.29 is 13.2 Å². The Morgan fingerprint density at radius 1 is 1.19 bits per heavy atom. The number of aromatic nitrogens is 3. The first-order valence-electron chi connectivity index (χ1n) is 7.96. The van der Waals surface area contributed by atoms with Crippen molar-refractivity contribution in [2.45, 2.75) is 33.5 Å². The number of pyridine rings is 1. The van der Waals surface area contributed by atoms with Crippen molar-refractivity contribution in [2.24, 2.45) is 0 Å². The molecule has 2 heterocycles. The lowest BCUT2D eigenvalue weighted by Crippen LogP contribution is -2.20. The third-order valence-electron chi connectivity index (χ3n) is 4.37. The lowest BCUT2D eigenvalue weighted by Gasteiger charge is -2.15. The number of rotatable bonds is 2. The van der Waals surface area contributed by atoms with Crippen LogP contribution in [0.1, 0.15) is 23.6 Å². The molecule has 0 bridgehead atoms. The highest BCUT2D eigenvalue weighted by atomic mass is 32.1. The predicted octanol–water partition coefficient (Wildman–Crippen LogP) is 4.78. The largest absolute Gasteiger partial charge is 0.417 e. The number of hydrogen-bond donors (Lipinski definition) is 1. The Morgan fingerprint density at radius 3 is 2.46 bits per heavy atom. The average Bonchev–Trinajstić information content (AvgIpc) is 2.55. The summed E-state index contributed by atoms with van der Waals surface area (Å²) in [5, 5.41) is -0.500. The van der Waals surface area contributed by atoms with Crippen LogP contribution in [0.15, 0.2) is 29.1 Å². The maximum atomic E-state index is 13.7. The number of nitrogens with zero attached hydrogens (tertiary/aromatic N) is 2. The zero-order valence-electron chi connectivity index (χ0n) is 14.4.